The van der Waals surface area contributed by atoms with Gasteiger partial charge in [-0.05, 0) is 52.6 Å². The molecule has 0 fully saturated rings. The van der Waals surface area contributed by atoms with E-state index in [1.54, 1.807) is 0 Å². The lowest BCUT2D eigenvalue weighted by Gasteiger charge is -2.36. The number of fused-ring (bicyclic) bond motifs is 6. The molecule has 0 spiro atoms. The summed E-state index contributed by atoms with van der Waals surface area (Å²) in [5, 5.41) is 14.0. The van der Waals surface area contributed by atoms with Gasteiger partial charge in [-0.1, -0.05) is 103 Å². The number of rotatable bonds is 2. The van der Waals surface area contributed by atoms with Crippen LogP contribution >= 0.6 is 0 Å². The Hall–Kier alpha value is -4.14. The highest BCUT2D eigenvalue weighted by Crippen LogP contribution is 2.53. The summed E-state index contributed by atoms with van der Waals surface area (Å²) >= 11 is 0. The Balaban J connectivity index is 1.45. The van der Waals surface area contributed by atoms with Crippen molar-refractivity contribution >= 4 is 16.8 Å². The first-order chi connectivity index (χ1) is 17.1. The number of benzene rings is 5. The Labute approximate surface area is 204 Å². The molecule has 1 atom stereocenters. The third-order valence-electron chi connectivity index (χ3n) is 7.55. The lowest BCUT2D eigenvalue weighted by molar-refractivity contribution is 0.108. The molecule has 35 heavy (non-hydrogen) atoms. The van der Waals surface area contributed by atoms with Crippen LogP contribution in [0.2, 0.25) is 0 Å². The Morgan fingerprint density at radius 2 is 1.34 bits per heavy atom. The van der Waals surface area contributed by atoms with Crippen molar-refractivity contribution in [2.24, 2.45) is 0 Å². The van der Waals surface area contributed by atoms with Gasteiger partial charge in [0.05, 0.1) is 0 Å². The second-order valence-corrected chi connectivity index (χ2v) is 9.62. The Kier molecular flexibility index (Phi) is 4.15. The summed E-state index contributed by atoms with van der Waals surface area (Å²) in [7, 11) is 0. The van der Waals surface area contributed by atoms with Crippen LogP contribution in [-0.4, -0.2) is 5.11 Å². The fraction of sp³-hybridized carbons (Fsp3) is 0.0909. The van der Waals surface area contributed by atoms with Crippen molar-refractivity contribution < 1.29 is 9.84 Å². The Bertz CT molecular complexity index is 1590. The molecule has 0 amide bonds. The van der Waals surface area contributed by atoms with Crippen LogP contribution in [0.15, 0.2) is 115 Å². The van der Waals surface area contributed by atoms with Crippen LogP contribution in [0.1, 0.15) is 34.7 Å². The van der Waals surface area contributed by atoms with E-state index in [9.17, 15) is 5.11 Å². The average molecular weight is 453 g/mol. The van der Waals surface area contributed by atoms with E-state index >= 15 is 0 Å². The molecule has 5 aromatic carbocycles. The van der Waals surface area contributed by atoms with E-state index in [0.29, 0.717) is 0 Å². The summed E-state index contributed by atoms with van der Waals surface area (Å²) in [6, 6.07) is 37.4. The third-order valence-corrected chi connectivity index (χ3v) is 7.55. The maximum Gasteiger partial charge on any atom is 0.178 e. The van der Waals surface area contributed by atoms with E-state index in [0.717, 1.165) is 55.5 Å². The predicted octanol–water partition coefficient (Wildman–Crippen LogP) is 7.43. The van der Waals surface area contributed by atoms with E-state index in [4.69, 9.17) is 4.74 Å². The molecule has 0 saturated carbocycles. The monoisotopic (exact) mass is 452 g/mol. The van der Waals surface area contributed by atoms with Crippen molar-refractivity contribution in [3.8, 4) is 16.9 Å². The van der Waals surface area contributed by atoms with Gasteiger partial charge in [0, 0.05) is 22.3 Å². The molecule has 0 aromatic heterocycles. The zero-order valence-electron chi connectivity index (χ0n) is 19.4. The van der Waals surface area contributed by atoms with E-state index in [1.165, 1.54) is 0 Å². The molecule has 0 saturated heterocycles. The van der Waals surface area contributed by atoms with Gasteiger partial charge in [-0.15, -0.1) is 0 Å². The molecular formula is C33H24O2. The highest BCUT2D eigenvalue weighted by Gasteiger charge is 2.42. The fourth-order valence-electron chi connectivity index (χ4n) is 5.86. The van der Waals surface area contributed by atoms with Crippen molar-refractivity contribution in [2.75, 3.05) is 0 Å². The van der Waals surface area contributed by atoms with E-state index in [1.807, 2.05) is 55.5 Å². The predicted molar refractivity (Wildman–Crippen MR) is 141 cm³/mol. The molecule has 1 N–H and O–H groups in total. The normalized spacial score (nSPS) is 19.0. The first-order valence-corrected chi connectivity index (χ1v) is 12.0. The molecule has 1 unspecified atom stereocenters. The van der Waals surface area contributed by atoms with Crippen LogP contribution in [0.3, 0.4) is 0 Å². The molecule has 2 aliphatic rings. The van der Waals surface area contributed by atoms with Crippen LogP contribution in [-0.2, 0) is 11.2 Å². The van der Waals surface area contributed by atoms with Crippen molar-refractivity contribution in [1.29, 1.82) is 0 Å². The number of ether oxygens (including phenoxy) is 1. The third kappa shape index (κ3) is 2.81. The quantitative estimate of drug-likeness (QED) is 0.302. The van der Waals surface area contributed by atoms with Gasteiger partial charge < -0.3 is 9.84 Å². The Morgan fingerprint density at radius 1 is 0.686 bits per heavy atom. The highest BCUT2D eigenvalue weighted by molar-refractivity contribution is 5.97. The van der Waals surface area contributed by atoms with Crippen LogP contribution in [0.5, 0.6) is 5.75 Å². The maximum atomic E-state index is 11.8. The van der Waals surface area contributed by atoms with Crippen molar-refractivity contribution in [2.45, 2.75) is 18.1 Å². The molecule has 2 nitrogen and oxygen atoms in total. The second kappa shape index (κ2) is 7.18. The summed E-state index contributed by atoms with van der Waals surface area (Å²) in [5.41, 5.74) is 5.30. The van der Waals surface area contributed by atoms with Gasteiger partial charge in [-0.3, -0.25) is 0 Å². The van der Waals surface area contributed by atoms with Gasteiger partial charge in [0.15, 0.2) is 5.60 Å². The summed E-state index contributed by atoms with van der Waals surface area (Å²) in [6.07, 6.45) is 4.27. The SMILES string of the molecule is CC1(O)c2cc3c(cc2-c2ccc4ccccc4c21)OC(c1ccccc1)(c1ccccc1)C=C3. The van der Waals surface area contributed by atoms with E-state index < -0.39 is 11.2 Å². The molecule has 0 bridgehead atoms. The van der Waals surface area contributed by atoms with Gasteiger partial charge in [0.2, 0.25) is 0 Å². The van der Waals surface area contributed by atoms with Crippen molar-refractivity contribution in [1.82, 2.24) is 0 Å². The zero-order valence-corrected chi connectivity index (χ0v) is 19.4. The van der Waals surface area contributed by atoms with Crippen LogP contribution in [0.4, 0.5) is 0 Å². The molecule has 168 valence electrons. The molecule has 1 aliphatic carbocycles. The molecule has 1 aliphatic heterocycles. The van der Waals surface area contributed by atoms with Gasteiger partial charge in [0.25, 0.3) is 0 Å². The molecule has 2 heteroatoms. The summed E-state index contributed by atoms with van der Waals surface area (Å²) in [4.78, 5) is 0. The smallest absolute Gasteiger partial charge is 0.178 e. The minimum atomic E-state index is -1.08. The van der Waals surface area contributed by atoms with Gasteiger partial charge in [0.1, 0.15) is 11.4 Å². The number of hydrogen-bond acceptors (Lipinski definition) is 2. The van der Waals surface area contributed by atoms with Gasteiger partial charge >= 0.3 is 0 Å². The van der Waals surface area contributed by atoms with E-state index in [2.05, 4.69) is 72.8 Å². The standard InChI is InChI=1S/C33H24O2/c1-32(34)29-20-23-18-19-33(24-11-4-2-5-12-24,25-13-6-3-7-14-25)35-30(23)21-28(29)27-17-16-22-10-8-9-15-26(22)31(27)32/h2-21,34H,1H3. The molecule has 0 radical (unpaired) electrons. The largest absolute Gasteiger partial charge is 0.473 e. The van der Waals surface area contributed by atoms with Crippen LogP contribution in [0, 0.1) is 0 Å². The first kappa shape index (κ1) is 20.3. The van der Waals surface area contributed by atoms with Crippen LogP contribution < -0.4 is 4.74 Å². The molecule has 5 aromatic rings. The first-order valence-electron chi connectivity index (χ1n) is 12.0. The van der Waals surface area contributed by atoms with Crippen molar-refractivity contribution in [3.63, 3.8) is 0 Å². The lowest BCUT2D eigenvalue weighted by Crippen LogP contribution is -2.34. The summed E-state index contributed by atoms with van der Waals surface area (Å²) < 4.78 is 6.92. The molecule has 7 rings (SSSR count). The van der Waals surface area contributed by atoms with Gasteiger partial charge in [-0.25, -0.2) is 0 Å². The Morgan fingerprint density at radius 3 is 2.06 bits per heavy atom. The maximum absolute atomic E-state index is 11.8. The molecule has 1 heterocycles. The van der Waals surface area contributed by atoms with E-state index in [-0.39, 0.29) is 0 Å². The van der Waals surface area contributed by atoms with Gasteiger partial charge in [-0.2, -0.15) is 0 Å². The minimum absolute atomic E-state index is 0.725. The van der Waals surface area contributed by atoms with Crippen molar-refractivity contribution in [3.05, 3.63) is 143 Å². The fourth-order valence-corrected chi connectivity index (χ4v) is 5.86. The average Bonchev–Trinajstić information content (AvgIpc) is 3.14. The summed E-state index contributed by atoms with van der Waals surface area (Å²) in [5.74, 6) is 0.816. The topological polar surface area (TPSA) is 29.5 Å². The summed E-state index contributed by atoms with van der Waals surface area (Å²) in [6.45, 7) is 1.90. The lowest BCUT2D eigenvalue weighted by atomic mass is 9.83. The second-order valence-electron chi connectivity index (χ2n) is 9.62. The number of aliphatic hydroxyl groups is 1. The molecular weight excluding hydrogens is 428 g/mol. The van der Waals surface area contributed by atoms with Crippen LogP contribution in [0.25, 0.3) is 28.0 Å². The highest BCUT2D eigenvalue weighted by atomic mass is 16.5. The zero-order chi connectivity index (χ0) is 23.6. The number of hydrogen-bond donors (Lipinski definition) is 1. The minimum Gasteiger partial charge on any atom is -0.473 e.